The summed E-state index contributed by atoms with van der Waals surface area (Å²) in [7, 11) is 0. The van der Waals surface area contributed by atoms with Crippen molar-refractivity contribution in [2.45, 2.75) is 6.04 Å². The van der Waals surface area contributed by atoms with Crippen molar-refractivity contribution in [1.82, 2.24) is 10.3 Å². The van der Waals surface area contributed by atoms with Gasteiger partial charge in [0.15, 0.2) is 5.11 Å². The molecule has 2 aromatic carbocycles. The lowest BCUT2D eigenvalue weighted by molar-refractivity contribution is 0.247. The number of aromatic nitrogens is 1. The van der Waals surface area contributed by atoms with Gasteiger partial charge in [0.1, 0.15) is 5.75 Å². The molecule has 118 valence electrons. The molecule has 1 aromatic heterocycles. The monoisotopic (exact) mass is 333 g/mol. The molecule has 2 aliphatic rings. The number of para-hydroxylation sites is 2. The van der Waals surface area contributed by atoms with Gasteiger partial charge in [-0.3, -0.25) is 0 Å². The van der Waals surface area contributed by atoms with Crippen LogP contribution in [0.1, 0.15) is 17.2 Å². The fourth-order valence-electron chi connectivity index (χ4n) is 3.68. The number of aromatic amines is 1. The molecule has 0 aliphatic carbocycles. The number of ether oxygens (including phenoxy) is 1. The van der Waals surface area contributed by atoms with E-state index in [1.54, 1.807) is 0 Å². The van der Waals surface area contributed by atoms with Gasteiger partial charge in [0, 0.05) is 28.2 Å². The molecule has 5 rings (SSSR count). The SMILES string of the molecule is S=C1N=C2c3ccccc3OCC2C(c2c[nH]c3ccccc23)N1. The molecule has 0 spiro atoms. The van der Waals surface area contributed by atoms with Gasteiger partial charge in [-0.25, -0.2) is 4.99 Å². The molecule has 0 saturated carbocycles. The van der Waals surface area contributed by atoms with Crippen LogP contribution in [-0.2, 0) is 0 Å². The van der Waals surface area contributed by atoms with E-state index in [4.69, 9.17) is 17.0 Å². The van der Waals surface area contributed by atoms with Crippen LogP contribution in [0.5, 0.6) is 5.75 Å². The van der Waals surface area contributed by atoms with Crippen molar-refractivity contribution in [2.24, 2.45) is 10.9 Å². The van der Waals surface area contributed by atoms with Crippen molar-refractivity contribution in [1.29, 1.82) is 0 Å². The lowest BCUT2D eigenvalue weighted by Gasteiger charge is -2.36. The van der Waals surface area contributed by atoms with Crippen LogP contribution < -0.4 is 10.1 Å². The Balaban J connectivity index is 1.65. The maximum absolute atomic E-state index is 5.99. The standard InChI is InChI=1S/C19H15N3OS/c24-19-21-17-12-6-2-4-8-16(12)23-10-14(17)18(22-19)13-9-20-15-7-3-1-5-11(13)15/h1-9,14,18,20H,10H2,(H,22,24). The molecule has 0 amide bonds. The molecule has 0 radical (unpaired) electrons. The summed E-state index contributed by atoms with van der Waals surface area (Å²) in [6.45, 7) is 0.593. The highest BCUT2D eigenvalue weighted by molar-refractivity contribution is 7.80. The Morgan fingerprint density at radius 2 is 1.92 bits per heavy atom. The van der Waals surface area contributed by atoms with E-state index in [1.807, 2.05) is 24.3 Å². The minimum Gasteiger partial charge on any atom is -0.492 e. The summed E-state index contributed by atoms with van der Waals surface area (Å²) in [5.74, 6) is 1.01. The van der Waals surface area contributed by atoms with Gasteiger partial charge < -0.3 is 15.0 Å². The zero-order valence-electron chi connectivity index (χ0n) is 12.8. The second-order valence-electron chi connectivity index (χ2n) is 6.13. The van der Waals surface area contributed by atoms with Crippen LogP contribution >= 0.6 is 12.2 Å². The first-order valence-corrected chi connectivity index (χ1v) is 8.39. The largest absolute Gasteiger partial charge is 0.492 e. The lowest BCUT2D eigenvalue weighted by atomic mass is 9.83. The highest BCUT2D eigenvalue weighted by Gasteiger charge is 2.38. The summed E-state index contributed by atoms with van der Waals surface area (Å²) < 4.78 is 5.99. The molecule has 2 atom stereocenters. The molecular weight excluding hydrogens is 318 g/mol. The van der Waals surface area contributed by atoms with Crippen LogP contribution in [-0.4, -0.2) is 22.4 Å². The van der Waals surface area contributed by atoms with Gasteiger partial charge >= 0.3 is 0 Å². The molecule has 4 nitrogen and oxygen atoms in total. The van der Waals surface area contributed by atoms with E-state index in [2.05, 4.69) is 45.8 Å². The molecule has 24 heavy (non-hydrogen) atoms. The number of benzene rings is 2. The van der Waals surface area contributed by atoms with Crippen molar-refractivity contribution in [2.75, 3.05) is 6.61 Å². The molecular formula is C19H15N3OS. The van der Waals surface area contributed by atoms with Gasteiger partial charge in [0.25, 0.3) is 0 Å². The minimum absolute atomic E-state index is 0.0505. The molecule has 0 saturated heterocycles. The van der Waals surface area contributed by atoms with Gasteiger partial charge in [-0.1, -0.05) is 30.3 Å². The Labute approximate surface area is 144 Å². The third-order valence-electron chi connectivity index (χ3n) is 4.79. The number of aliphatic imine (C=N–C) groups is 1. The second-order valence-corrected chi connectivity index (χ2v) is 6.51. The number of rotatable bonds is 1. The van der Waals surface area contributed by atoms with E-state index >= 15 is 0 Å². The summed E-state index contributed by atoms with van der Waals surface area (Å²) in [5.41, 5.74) is 4.40. The topological polar surface area (TPSA) is 49.4 Å². The Morgan fingerprint density at radius 1 is 1.08 bits per heavy atom. The average molecular weight is 333 g/mol. The number of nitrogens with zero attached hydrogens (tertiary/aromatic N) is 1. The number of fused-ring (bicyclic) bond motifs is 4. The fourth-order valence-corrected chi connectivity index (χ4v) is 3.91. The third-order valence-corrected chi connectivity index (χ3v) is 5.00. The first kappa shape index (κ1) is 13.7. The van der Waals surface area contributed by atoms with Crippen molar-refractivity contribution in [3.8, 4) is 5.75 Å². The van der Waals surface area contributed by atoms with Crippen LogP contribution in [0, 0.1) is 5.92 Å². The average Bonchev–Trinajstić information content (AvgIpc) is 3.05. The van der Waals surface area contributed by atoms with E-state index in [9.17, 15) is 0 Å². The quantitative estimate of drug-likeness (QED) is 0.669. The number of H-pyrrole nitrogens is 1. The summed E-state index contributed by atoms with van der Waals surface area (Å²) in [4.78, 5) is 7.98. The molecule has 2 aliphatic heterocycles. The van der Waals surface area contributed by atoms with Gasteiger partial charge in [0.2, 0.25) is 0 Å². The van der Waals surface area contributed by atoms with Crippen molar-refractivity contribution >= 4 is 33.9 Å². The fraction of sp³-hybridized carbons (Fsp3) is 0.158. The van der Waals surface area contributed by atoms with Crippen LogP contribution in [0.15, 0.2) is 59.7 Å². The Morgan fingerprint density at radius 3 is 2.88 bits per heavy atom. The molecule has 3 aromatic rings. The minimum atomic E-state index is 0.0505. The van der Waals surface area contributed by atoms with Crippen LogP contribution in [0.25, 0.3) is 10.9 Å². The van der Waals surface area contributed by atoms with Crippen molar-refractivity contribution < 1.29 is 4.74 Å². The van der Waals surface area contributed by atoms with E-state index < -0.39 is 0 Å². The molecule has 2 unspecified atom stereocenters. The van der Waals surface area contributed by atoms with Crippen LogP contribution in [0.3, 0.4) is 0 Å². The Hall–Kier alpha value is -2.66. The van der Waals surface area contributed by atoms with E-state index in [0.29, 0.717) is 11.7 Å². The van der Waals surface area contributed by atoms with Gasteiger partial charge in [-0.15, -0.1) is 0 Å². The Bertz CT molecular complexity index is 991. The summed E-state index contributed by atoms with van der Waals surface area (Å²) >= 11 is 5.43. The summed E-state index contributed by atoms with van der Waals surface area (Å²) in [6.07, 6.45) is 2.06. The smallest absolute Gasteiger partial charge is 0.193 e. The second kappa shape index (κ2) is 5.18. The summed E-state index contributed by atoms with van der Waals surface area (Å²) in [6, 6.07) is 16.4. The predicted molar refractivity (Wildman–Crippen MR) is 98.7 cm³/mol. The summed E-state index contributed by atoms with van der Waals surface area (Å²) in [5, 5.41) is 5.13. The molecule has 0 fully saturated rings. The van der Waals surface area contributed by atoms with E-state index in [1.165, 1.54) is 10.9 Å². The normalized spacial score (nSPS) is 22.2. The number of nitrogens with one attached hydrogen (secondary N) is 2. The van der Waals surface area contributed by atoms with Gasteiger partial charge in [-0.2, -0.15) is 0 Å². The molecule has 2 N–H and O–H groups in total. The molecule has 0 bridgehead atoms. The molecule has 5 heteroatoms. The van der Waals surface area contributed by atoms with Crippen LogP contribution in [0.4, 0.5) is 0 Å². The number of hydrogen-bond donors (Lipinski definition) is 2. The van der Waals surface area contributed by atoms with Gasteiger partial charge in [0.05, 0.1) is 24.3 Å². The van der Waals surface area contributed by atoms with E-state index in [-0.39, 0.29) is 12.0 Å². The Kier molecular flexibility index (Phi) is 2.97. The zero-order chi connectivity index (χ0) is 16.1. The molecule has 3 heterocycles. The van der Waals surface area contributed by atoms with Crippen molar-refractivity contribution in [3.63, 3.8) is 0 Å². The maximum atomic E-state index is 5.99. The third kappa shape index (κ3) is 1.98. The maximum Gasteiger partial charge on any atom is 0.193 e. The van der Waals surface area contributed by atoms with E-state index in [0.717, 1.165) is 22.5 Å². The predicted octanol–water partition coefficient (Wildman–Crippen LogP) is 3.60. The van der Waals surface area contributed by atoms with Gasteiger partial charge in [-0.05, 0) is 30.4 Å². The van der Waals surface area contributed by atoms with Crippen molar-refractivity contribution in [3.05, 3.63) is 65.9 Å². The van der Waals surface area contributed by atoms with Crippen LogP contribution in [0.2, 0.25) is 0 Å². The highest BCUT2D eigenvalue weighted by Crippen LogP contribution is 2.38. The highest BCUT2D eigenvalue weighted by atomic mass is 32.1. The first-order valence-electron chi connectivity index (χ1n) is 7.98. The lowest BCUT2D eigenvalue weighted by Crippen LogP contribution is -2.45. The zero-order valence-corrected chi connectivity index (χ0v) is 13.6. The number of hydrogen-bond acceptors (Lipinski definition) is 2. The first-order chi connectivity index (χ1) is 11.8. The number of thiocarbonyl (C=S) groups is 1.